The average molecular weight is 403 g/mol. The summed E-state index contributed by atoms with van der Waals surface area (Å²) in [7, 11) is 0. The topological polar surface area (TPSA) is 101 Å². The first-order valence-electron chi connectivity index (χ1n) is 9.69. The van der Waals surface area contributed by atoms with E-state index in [1.165, 1.54) is 12.5 Å². The zero-order chi connectivity index (χ0) is 21.4. The highest BCUT2D eigenvalue weighted by Crippen LogP contribution is 2.28. The van der Waals surface area contributed by atoms with Crippen LogP contribution in [0.1, 0.15) is 30.3 Å². The number of carbonyl (C=O) groups is 2. The Labute approximate surface area is 172 Å². The molecule has 0 spiro atoms. The number of fused-ring (bicyclic) bond motifs is 2. The number of nitrogens with one attached hydrogen (secondary N) is 1. The van der Waals surface area contributed by atoms with Crippen LogP contribution in [0.15, 0.2) is 47.3 Å². The van der Waals surface area contributed by atoms with E-state index in [1.54, 1.807) is 22.8 Å². The molecule has 1 unspecified atom stereocenters. The molecule has 1 aliphatic heterocycles. The number of anilines is 1. The van der Waals surface area contributed by atoms with Gasteiger partial charge < -0.3 is 10.4 Å². The highest BCUT2D eigenvalue weighted by atomic mass is 16.4. The summed E-state index contributed by atoms with van der Waals surface area (Å²) in [6.45, 7) is 3.92. The lowest BCUT2D eigenvalue weighted by molar-refractivity contribution is -0.144. The standard InChI is InChI=1S/C23H21N3O4/c1-13-3-5-15(6-4-13)11-16-9-10-26-20(16)25-19-12-17(7-8-18(19)22(26)28)24-21(27)14(2)23(29)30/h3-8,11-12,14H,9-10H2,1-2H3,(H,24,27)(H,29,30)/b16-11+. The first-order valence-corrected chi connectivity index (χ1v) is 9.69. The summed E-state index contributed by atoms with van der Waals surface area (Å²) in [6, 6.07) is 12.9. The molecule has 7 nitrogen and oxygen atoms in total. The summed E-state index contributed by atoms with van der Waals surface area (Å²) in [5.41, 5.74) is 3.94. The molecule has 0 saturated carbocycles. The molecular weight excluding hydrogens is 382 g/mol. The van der Waals surface area contributed by atoms with Gasteiger partial charge >= 0.3 is 5.97 Å². The summed E-state index contributed by atoms with van der Waals surface area (Å²) in [4.78, 5) is 40.6. The van der Waals surface area contributed by atoms with Crippen LogP contribution in [0.4, 0.5) is 5.69 Å². The maximum Gasteiger partial charge on any atom is 0.315 e. The Balaban J connectivity index is 1.73. The van der Waals surface area contributed by atoms with Gasteiger partial charge in [0, 0.05) is 12.2 Å². The minimum absolute atomic E-state index is 0.126. The van der Waals surface area contributed by atoms with Crippen LogP contribution < -0.4 is 10.9 Å². The zero-order valence-corrected chi connectivity index (χ0v) is 16.7. The van der Waals surface area contributed by atoms with Crippen molar-refractivity contribution in [1.82, 2.24) is 9.55 Å². The predicted molar refractivity (Wildman–Crippen MR) is 115 cm³/mol. The van der Waals surface area contributed by atoms with E-state index in [2.05, 4.69) is 10.3 Å². The number of amides is 1. The van der Waals surface area contributed by atoms with Crippen LogP contribution in [-0.4, -0.2) is 26.5 Å². The van der Waals surface area contributed by atoms with Gasteiger partial charge in [0.15, 0.2) is 0 Å². The van der Waals surface area contributed by atoms with Crippen molar-refractivity contribution in [2.24, 2.45) is 5.92 Å². The smallest absolute Gasteiger partial charge is 0.315 e. The van der Waals surface area contributed by atoms with Crippen molar-refractivity contribution in [3.05, 3.63) is 69.8 Å². The molecule has 0 fully saturated rings. The second-order valence-corrected chi connectivity index (χ2v) is 7.50. The molecular formula is C23H21N3O4. The number of hydrogen-bond acceptors (Lipinski definition) is 4. The van der Waals surface area contributed by atoms with Crippen LogP contribution >= 0.6 is 0 Å². The summed E-state index contributed by atoms with van der Waals surface area (Å²) >= 11 is 0. The van der Waals surface area contributed by atoms with Gasteiger partial charge in [-0.15, -0.1) is 0 Å². The largest absolute Gasteiger partial charge is 0.481 e. The molecule has 0 saturated heterocycles. The fourth-order valence-corrected chi connectivity index (χ4v) is 3.46. The van der Waals surface area contributed by atoms with Crippen molar-refractivity contribution in [1.29, 1.82) is 0 Å². The molecule has 2 heterocycles. The van der Waals surface area contributed by atoms with E-state index in [1.807, 2.05) is 37.3 Å². The van der Waals surface area contributed by atoms with Crippen LogP contribution in [0.5, 0.6) is 0 Å². The van der Waals surface area contributed by atoms with Crippen LogP contribution in [0.3, 0.4) is 0 Å². The van der Waals surface area contributed by atoms with E-state index in [9.17, 15) is 14.4 Å². The minimum Gasteiger partial charge on any atom is -0.481 e. The average Bonchev–Trinajstić information content (AvgIpc) is 3.11. The quantitative estimate of drug-likeness (QED) is 0.651. The van der Waals surface area contributed by atoms with Gasteiger partial charge in [-0.25, -0.2) is 4.98 Å². The van der Waals surface area contributed by atoms with E-state index in [4.69, 9.17) is 5.11 Å². The van der Waals surface area contributed by atoms with E-state index in [0.717, 1.165) is 11.1 Å². The molecule has 152 valence electrons. The molecule has 1 aliphatic rings. The molecule has 0 aliphatic carbocycles. The molecule has 1 aromatic heterocycles. The first-order chi connectivity index (χ1) is 14.3. The number of allylic oxidation sites excluding steroid dienone is 1. The second-order valence-electron chi connectivity index (χ2n) is 7.50. The molecule has 2 N–H and O–H groups in total. The highest BCUT2D eigenvalue weighted by Gasteiger charge is 2.23. The molecule has 1 atom stereocenters. The third kappa shape index (κ3) is 3.61. The minimum atomic E-state index is -1.20. The molecule has 2 aromatic carbocycles. The predicted octanol–water partition coefficient (Wildman–Crippen LogP) is 3.31. The van der Waals surface area contributed by atoms with Crippen molar-refractivity contribution in [2.75, 3.05) is 5.32 Å². The van der Waals surface area contributed by atoms with Gasteiger partial charge in [-0.3, -0.25) is 19.0 Å². The SMILES string of the molecule is Cc1ccc(/C=C2\CCn3c2nc2cc(NC(=O)C(C)C(=O)O)ccc2c3=O)cc1. The van der Waals surface area contributed by atoms with Crippen molar-refractivity contribution < 1.29 is 14.7 Å². The number of carboxylic acids is 1. The monoisotopic (exact) mass is 403 g/mol. The number of nitrogens with zero attached hydrogens (tertiary/aromatic N) is 2. The molecule has 1 amide bonds. The number of aromatic nitrogens is 2. The summed E-state index contributed by atoms with van der Waals surface area (Å²) in [5, 5.41) is 12.0. The maximum atomic E-state index is 12.9. The van der Waals surface area contributed by atoms with Gasteiger partial charge in [0.1, 0.15) is 11.7 Å². The Morgan fingerprint density at radius 1 is 1.20 bits per heavy atom. The molecule has 7 heteroatoms. The Bertz CT molecular complexity index is 1260. The third-order valence-electron chi connectivity index (χ3n) is 5.30. The Morgan fingerprint density at radius 3 is 2.63 bits per heavy atom. The number of carbonyl (C=O) groups excluding carboxylic acids is 1. The fourth-order valence-electron chi connectivity index (χ4n) is 3.46. The van der Waals surface area contributed by atoms with Crippen LogP contribution in [0, 0.1) is 12.8 Å². The van der Waals surface area contributed by atoms with Gasteiger partial charge in [-0.1, -0.05) is 29.8 Å². The normalized spacial score (nSPS) is 15.2. The lowest BCUT2D eigenvalue weighted by atomic mass is 10.1. The van der Waals surface area contributed by atoms with Gasteiger partial charge in [0.2, 0.25) is 5.91 Å². The van der Waals surface area contributed by atoms with Gasteiger partial charge in [-0.2, -0.15) is 0 Å². The summed E-state index contributed by atoms with van der Waals surface area (Å²) in [5.74, 6) is -2.38. The Kier molecular flexibility index (Phi) is 4.95. The lowest BCUT2D eigenvalue weighted by Crippen LogP contribution is -2.27. The number of rotatable bonds is 4. The second kappa shape index (κ2) is 7.59. The fraction of sp³-hybridized carbons (Fsp3) is 0.217. The number of aliphatic carboxylic acids is 1. The number of benzene rings is 2. The Morgan fingerprint density at radius 2 is 1.93 bits per heavy atom. The lowest BCUT2D eigenvalue weighted by Gasteiger charge is -2.10. The van der Waals surface area contributed by atoms with Crippen molar-refractivity contribution in [3.8, 4) is 0 Å². The number of aryl methyl sites for hydroxylation is 1. The third-order valence-corrected chi connectivity index (χ3v) is 5.30. The van der Waals surface area contributed by atoms with E-state index >= 15 is 0 Å². The van der Waals surface area contributed by atoms with E-state index in [0.29, 0.717) is 35.4 Å². The van der Waals surface area contributed by atoms with Crippen molar-refractivity contribution >= 4 is 40.1 Å². The number of hydrogen-bond donors (Lipinski definition) is 2. The maximum absolute atomic E-state index is 12.9. The van der Waals surface area contributed by atoms with Crippen molar-refractivity contribution in [3.63, 3.8) is 0 Å². The molecule has 0 bridgehead atoms. The first kappa shape index (κ1) is 19.6. The van der Waals surface area contributed by atoms with Crippen LogP contribution in [-0.2, 0) is 16.1 Å². The number of carboxylic acid groups (broad SMARTS) is 1. The summed E-state index contributed by atoms with van der Waals surface area (Å²) in [6.07, 6.45) is 2.75. The van der Waals surface area contributed by atoms with Gasteiger partial charge in [0.05, 0.1) is 10.9 Å². The van der Waals surface area contributed by atoms with Gasteiger partial charge in [0.25, 0.3) is 5.56 Å². The molecule has 0 radical (unpaired) electrons. The van der Waals surface area contributed by atoms with E-state index in [-0.39, 0.29) is 5.56 Å². The molecule has 30 heavy (non-hydrogen) atoms. The molecule has 3 aromatic rings. The Hall–Kier alpha value is -3.74. The van der Waals surface area contributed by atoms with Crippen LogP contribution in [0.25, 0.3) is 22.6 Å². The zero-order valence-electron chi connectivity index (χ0n) is 16.7. The summed E-state index contributed by atoms with van der Waals surface area (Å²) < 4.78 is 1.67. The van der Waals surface area contributed by atoms with E-state index < -0.39 is 17.8 Å². The van der Waals surface area contributed by atoms with Crippen LogP contribution in [0.2, 0.25) is 0 Å². The van der Waals surface area contributed by atoms with Gasteiger partial charge in [-0.05, 0) is 55.7 Å². The molecule has 4 rings (SSSR count). The highest BCUT2D eigenvalue weighted by molar-refractivity contribution is 6.04. The van der Waals surface area contributed by atoms with Crippen molar-refractivity contribution in [2.45, 2.75) is 26.8 Å².